The number of nitrogens with zero attached hydrogens (tertiary/aromatic N) is 8. The fourth-order valence-corrected chi connectivity index (χ4v) is 2.06. The highest BCUT2D eigenvalue weighted by atomic mass is 16.5. The van der Waals surface area contributed by atoms with Gasteiger partial charge in [0.25, 0.3) is 11.5 Å². The van der Waals surface area contributed by atoms with Crippen LogP contribution in [0, 0.1) is 0 Å². The van der Waals surface area contributed by atoms with Gasteiger partial charge in [-0.15, -0.1) is 0 Å². The number of methoxy groups -OCH3 is 1. The number of aryl methyl sites for hydroxylation is 2. The van der Waals surface area contributed by atoms with Crippen LogP contribution < -0.4 is 21.3 Å². The molecule has 0 aliphatic carbocycles. The third-order valence-electron chi connectivity index (χ3n) is 3.37. The Labute approximate surface area is 144 Å². The van der Waals surface area contributed by atoms with Gasteiger partial charge in [-0.05, 0) is 16.5 Å². The van der Waals surface area contributed by atoms with Crippen molar-refractivity contribution in [1.29, 1.82) is 0 Å². The zero-order valence-electron chi connectivity index (χ0n) is 13.9. The molecule has 13 nitrogen and oxygen atoms in total. The van der Waals surface area contributed by atoms with Crippen molar-refractivity contribution in [2.75, 3.05) is 12.4 Å². The average molecular weight is 359 g/mol. The molecule has 3 heterocycles. The fourth-order valence-electron chi connectivity index (χ4n) is 2.06. The summed E-state index contributed by atoms with van der Waals surface area (Å²) < 4.78 is 7.79. The molecule has 134 valence electrons. The monoisotopic (exact) mass is 359 g/mol. The predicted octanol–water partition coefficient (Wildman–Crippen LogP) is -1.89. The number of tetrazole rings is 1. The highest BCUT2D eigenvalue weighted by Crippen LogP contribution is 2.08. The largest absolute Gasteiger partial charge is 0.481 e. The maximum Gasteiger partial charge on any atom is 0.351 e. The molecule has 0 atom stereocenters. The average Bonchev–Trinajstić information content (AvgIpc) is 3.03. The maximum absolute atomic E-state index is 12.7. The Morgan fingerprint density at radius 2 is 1.96 bits per heavy atom. The lowest BCUT2D eigenvalue weighted by molar-refractivity contribution is 0.101. The maximum atomic E-state index is 12.7. The lowest BCUT2D eigenvalue weighted by Gasteiger charge is -2.09. The van der Waals surface area contributed by atoms with Gasteiger partial charge >= 0.3 is 5.69 Å². The van der Waals surface area contributed by atoms with E-state index in [4.69, 9.17) is 4.74 Å². The van der Waals surface area contributed by atoms with Crippen LogP contribution in [-0.4, -0.2) is 52.6 Å². The van der Waals surface area contributed by atoms with Crippen molar-refractivity contribution in [2.24, 2.45) is 14.1 Å². The van der Waals surface area contributed by atoms with Gasteiger partial charge in [-0.1, -0.05) is 5.10 Å². The Balaban J connectivity index is 2.09. The standard InChI is InChI=1S/C13H13N9O4/c1-20-12(16-18-19-20)15-10(23)9-11(24)22(13(25)21(2)17-9)7-4-5-8(26-3)14-6-7/h4-6H,1-3H3,(H,15,16,19,23). The highest BCUT2D eigenvalue weighted by Gasteiger charge is 2.21. The second-order valence-electron chi connectivity index (χ2n) is 5.03. The van der Waals surface area contributed by atoms with Gasteiger partial charge in [0.2, 0.25) is 17.5 Å². The summed E-state index contributed by atoms with van der Waals surface area (Å²) in [7, 11) is 4.25. The first kappa shape index (κ1) is 16.9. The molecule has 0 aliphatic heterocycles. The smallest absolute Gasteiger partial charge is 0.351 e. The van der Waals surface area contributed by atoms with Gasteiger partial charge in [-0.3, -0.25) is 14.9 Å². The molecule has 0 saturated heterocycles. The van der Waals surface area contributed by atoms with Gasteiger partial charge in [0, 0.05) is 20.2 Å². The van der Waals surface area contributed by atoms with E-state index in [9.17, 15) is 14.4 Å². The lowest BCUT2D eigenvalue weighted by atomic mass is 10.3. The summed E-state index contributed by atoms with van der Waals surface area (Å²) in [6.07, 6.45) is 1.27. The number of ether oxygens (including phenoxy) is 1. The van der Waals surface area contributed by atoms with Crippen LogP contribution in [-0.2, 0) is 14.1 Å². The Bertz CT molecular complexity index is 1080. The summed E-state index contributed by atoms with van der Waals surface area (Å²) >= 11 is 0. The molecule has 26 heavy (non-hydrogen) atoms. The Kier molecular flexibility index (Phi) is 4.26. The zero-order valence-corrected chi connectivity index (χ0v) is 13.9. The van der Waals surface area contributed by atoms with Crippen molar-refractivity contribution >= 4 is 11.9 Å². The van der Waals surface area contributed by atoms with Crippen LogP contribution in [0.5, 0.6) is 5.88 Å². The number of pyridine rings is 1. The van der Waals surface area contributed by atoms with E-state index in [-0.39, 0.29) is 11.6 Å². The third kappa shape index (κ3) is 2.92. The fraction of sp³-hybridized carbons (Fsp3) is 0.231. The minimum atomic E-state index is -0.910. The minimum Gasteiger partial charge on any atom is -0.481 e. The number of amides is 1. The molecule has 0 saturated carbocycles. The summed E-state index contributed by atoms with van der Waals surface area (Å²) in [6.45, 7) is 0. The van der Waals surface area contributed by atoms with Crippen LogP contribution in [0.3, 0.4) is 0 Å². The van der Waals surface area contributed by atoms with Crippen molar-refractivity contribution in [3.8, 4) is 11.6 Å². The summed E-state index contributed by atoms with van der Waals surface area (Å²) in [5, 5.41) is 16.6. The van der Waals surface area contributed by atoms with E-state index in [0.717, 1.165) is 9.25 Å². The summed E-state index contributed by atoms with van der Waals surface area (Å²) in [6, 6.07) is 2.94. The van der Waals surface area contributed by atoms with Gasteiger partial charge in [-0.2, -0.15) is 5.10 Å². The van der Waals surface area contributed by atoms with Gasteiger partial charge in [-0.25, -0.2) is 23.7 Å². The van der Waals surface area contributed by atoms with Crippen LogP contribution in [0.1, 0.15) is 10.5 Å². The second kappa shape index (κ2) is 6.54. The second-order valence-corrected chi connectivity index (χ2v) is 5.03. The van der Waals surface area contributed by atoms with E-state index in [1.165, 1.54) is 44.2 Å². The van der Waals surface area contributed by atoms with E-state index >= 15 is 0 Å². The van der Waals surface area contributed by atoms with E-state index in [1.807, 2.05) is 0 Å². The molecule has 0 aromatic carbocycles. The van der Waals surface area contributed by atoms with Crippen LogP contribution in [0.2, 0.25) is 0 Å². The van der Waals surface area contributed by atoms with E-state index in [1.54, 1.807) is 0 Å². The SMILES string of the molecule is COc1ccc(-n2c(=O)c(C(=O)Nc3nnnn3C)nn(C)c2=O)cn1. The van der Waals surface area contributed by atoms with E-state index < -0.39 is 22.9 Å². The predicted molar refractivity (Wildman–Crippen MR) is 86.2 cm³/mol. The number of nitrogens with one attached hydrogen (secondary N) is 1. The molecule has 0 aliphatic rings. The normalized spacial score (nSPS) is 10.6. The molecular formula is C13H13N9O4. The number of carbonyl (C=O) groups is 1. The highest BCUT2D eigenvalue weighted by molar-refractivity contribution is 6.01. The van der Waals surface area contributed by atoms with Crippen LogP contribution in [0.4, 0.5) is 5.95 Å². The first-order valence-electron chi connectivity index (χ1n) is 7.17. The Morgan fingerprint density at radius 1 is 1.19 bits per heavy atom. The van der Waals surface area contributed by atoms with Crippen molar-refractivity contribution < 1.29 is 9.53 Å². The molecule has 0 unspecified atom stereocenters. The van der Waals surface area contributed by atoms with E-state index in [0.29, 0.717) is 5.88 Å². The molecule has 3 rings (SSSR count). The first-order chi connectivity index (χ1) is 12.4. The molecule has 0 radical (unpaired) electrons. The lowest BCUT2D eigenvalue weighted by Crippen LogP contribution is -2.43. The van der Waals surface area contributed by atoms with Crippen molar-refractivity contribution in [2.45, 2.75) is 0 Å². The minimum absolute atomic E-state index is 0.0164. The molecule has 3 aromatic rings. The summed E-state index contributed by atoms with van der Waals surface area (Å²) in [5.74, 6) is -0.540. The number of aromatic nitrogens is 8. The molecular weight excluding hydrogens is 346 g/mol. The topological polar surface area (TPSA) is 152 Å². The first-order valence-corrected chi connectivity index (χ1v) is 7.17. The Hall–Kier alpha value is -3.90. The third-order valence-corrected chi connectivity index (χ3v) is 3.37. The van der Waals surface area contributed by atoms with Crippen molar-refractivity contribution in [3.63, 3.8) is 0 Å². The van der Waals surface area contributed by atoms with E-state index in [2.05, 4.69) is 30.9 Å². The van der Waals surface area contributed by atoms with Gasteiger partial charge in [0.1, 0.15) is 0 Å². The van der Waals surface area contributed by atoms with Crippen LogP contribution in [0.15, 0.2) is 27.9 Å². The quantitative estimate of drug-likeness (QED) is 0.563. The van der Waals surface area contributed by atoms with Crippen LogP contribution in [0.25, 0.3) is 5.69 Å². The van der Waals surface area contributed by atoms with Gasteiger partial charge in [0.15, 0.2) is 0 Å². The zero-order chi connectivity index (χ0) is 18.8. The van der Waals surface area contributed by atoms with Gasteiger partial charge < -0.3 is 4.74 Å². The number of anilines is 1. The molecule has 0 spiro atoms. The molecule has 0 bridgehead atoms. The van der Waals surface area contributed by atoms with Crippen molar-refractivity contribution in [3.05, 3.63) is 44.9 Å². The molecule has 0 fully saturated rings. The number of hydrogen-bond acceptors (Lipinski definition) is 9. The van der Waals surface area contributed by atoms with Gasteiger partial charge in [0.05, 0.1) is 19.0 Å². The molecule has 13 heteroatoms. The number of carbonyl (C=O) groups excluding carboxylic acids is 1. The Morgan fingerprint density at radius 3 is 2.54 bits per heavy atom. The molecule has 1 N–H and O–H groups in total. The van der Waals surface area contributed by atoms with Crippen LogP contribution >= 0.6 is 0 Å². The number of rotatable bonds is 4. The molecule has 1 amide bonds. The summed E-state index contributed by atoms with van der Waals surface area (Å²) in [5.41, 5.74) is -1.99. The molecule has 3 aromatic heterocycles. The number of hydrogen-bond donors (Lipinski definition) is 1. The summed E-state index contributed by atoms with van der Waals surface area (Å²) in [4.78, 5) is 41.3. The van der Waals surface area contributed by atoms with Crippen molar-refractivity contribution in [1.82, 2.24) is 39.5 Å².